The van der Waals surface area contributed by atoms with Crippen molar-refractivity contribution in [1.29, 1.82) is 5.41 Å². The van der Waals surface area contributed by atoms with Crippen molar-refractivity contribution < 1.29 is 0 Å². The minimum absolute atomic E-state index is 0.549. The van der Waals surface area contributed by atoms with Gasteiger partial charge in [0.2, 0.25) is 0 Å². The highest BCUT2D eigenvalue weighted by Gasteiger charge is 1.98. The first-order valence-electron chi connectivity index (χ1n) is 3.24. The molecule has 62 valence electrons. The minimum atomic E-state index is 0.549. The Hall–Kier alpha value is -0.210. The van der Waals surface area contributed by atoms with Crippen LogP contribution in [0.1, 0.15) is 13.8 Å². The van der Waals surface area contributed by atoms with Crippen LogP contribution in [0, 0.1) is 5.41 Å². The Kier molecular flexibility index (Phi) is 5.34. The zero-order valence-corrected chi connectivity index (χ0v) is 8.51. The van der Waals surface area contributed by atoms with Crippen LogP contribution in [0.15, 0.2) is 22.8 Å². The van der Waals surface area contributed by atoms with Crippen molar-refractivity contribution in [2.24, 2.45) is 0 Å². The van der Waals surface area contributed by atoms with Crippen LogP contribution < -0.4 is 0 Å². The van der Waals surface area contributed by atoms with Gasteiger partial charge in [-0.15, -0.1) is 11.8 Å². The third-order valence-electron chi connectivity index (χ3n) is 1.13. The Morgan fingerprint density at radius 2 is 2.09 bits per heavy atom. The number of rotatable bonds is 2. The zero-order valence-electron chi connectivity index (χ0n) is 6.94. The second-order valence-electron chi connectivity index (χ2n) is 2.01. The fourth-order valence-electron chi connectivity index (χ4n) is 0.612. The van der Waals surface area contributed by atoms with Crippen LogP contribution in [0.4, 0.5) is 0 Å². The molecule has 3 heteroatoms. The van der Waals surface area contributed by atoms with Gasteiger partial charge in [0.25, 0.3) is 0 Å². The van der Waals surface area contributed by atoms with Crippen molar-refractivity contribution in [3.8, 4) is 0 Å². The molecule has 0 unspecified atom stereocenters. The number of nitrogens with one attached hydrogen (secondary N) is 1. The van der Waals surface area contributed by atoms with Gasteiger partial charge < -0.3 is 0 Å². The third-order valence-corrected chi connectivity index (χ3v) is 1.88. The molecule has 1 nitrogen and oxygen atoms in total. The number of thioether (sulfide) groups is 1. The largest absolute Gasteiger partial charge is 0.293 e. The van der Waals surface area contributed by atoms with Gasteiger partial charge in [-0.1, -0.05) is 17.7 Å². The highest BCUT2D eigenvalue weighted by atomic mass is 35.5. The van der Waals surface area contributed by atoms with Gasteiger partial charge in [-0.3, -0.25) is 5.41 Å². The van der Waals surface area contributed by atoms with E-state index in [2.05, 4.69) is 0 Å². The van der Waals surface area contributed by atoms with E-state index in [1.54, 1.807) is 13.0 Å². The number of hydrogen-bond donors (Lipinski definition) is 1. The lowest BCUT2D eigenvalue weighted by Gasteiger charge is -1.99. The van der Waals surface area contributed by atoms with Gasteiger partial charge in [0.1, 0.15) is 0 Å². The monoisotopic (exact) mass is 189 g/mol. The molecule has 0 fully saturated rings. The molecule has 0 spiro atoms. The predicted molar refractivity (Wildman–Crippen MR) is 54.6 cm³/mol. The molecular formula is C8H12ClNS. The fourth-order valence-corrected chi connectivity index (χ4v) is 1.14. The second-order valence-corrected chi connectivity index (χ2v) is 3.42. The summed E-state index contributed by atoms with van der Waals surface area (Å²) in [6.07, 6.45) is 5.55. The molecule has 0 bridgehead atoms. The van der Waals surface area contributed by atoms with E-state index in [9.17, 15) is 0 Å². The SMILES string of the molecule is CC=C(C=C(C)Cl)C(=N)SC. The van der Waals surface area contributed by atoms with E-state index < -0.39 is 0 Å². The Bertz CT molecular complexity index is 202. The lowest BCUT2D eigenvalue weighted by Crippen LogP contribution is -1.91. The van der Waals surface area contributed by atoms with E-state index >= 15 is 0 Å². The topological polar surface area (TPSA) is 23.9 Å². The smallest absolute Gasteiger partial charge is 0.0936 e. The molecular weight excluding hydrogens is 178 g/mol. The molecule has 0 atom stereocenters. The lowest BCUT2D eigenvalue weighted by atomic mass is 10.2. The maximum absolute atomic E-state index is 7.48. The number of halogens is 1. The van der Waals surface area contributed by atoms with Crippen LogP contribution in [0.25, 0.3) is 0 Å². The lowest BCUT2D eigenvalue weighted by molar-refractivity contribution is 1.51. The molecule has 0 aliphatic carbocycles. The predicted octanol–water partition coefficient (Wildman–Crippen LogP) is 3.42. The van der Waals surface area contributed by atoms with E-state index in [0.29, 0.717) is 10.1 Å². The van der Waals surface area contributed by atoms with E-state index in [-0.39, 0.29) is 0 Å². The molecule has 0 amide bonds. The molecule has 0 saturated carbocycles. The summed E-state index contributed by atoms with van der Waals surface area (Å²) in [7, 11) is 0. The normalized spacial score (nSPS) is 13.5. The summed E-state index contributed by atoms with van der Waals surface area (Å²) in [6.45, 7) is 3.70. The minimum Gasteiger partial charge on any atom is -0.293 e. The van der Waals surface area contributed by atoms with Crippen LogP contribution in [-0.2, 0) is 0 Å². The van der Waals surface area contributed by atoms with Crippen molar-refractivity contribution in [2.45, 2.75) is 13.8 Å². The van der Waals surface area contributed by atoms with Gasteiger partial charge >= 0.3 is 0 Å². The summed E-state index contributed by atoms with van der Waals surface area (Å²) in [6, 6.07) is 0. The summed E-state index contributed by atoms with van der Waals surface area (Å²) >= 11 is 7.08. The van der Waals surface area contributed by atoms with Crippen molar-refractivity contribution in [3.63, 3.8) is 0 Å². The summed E-state index contributed by atoms with van der Waals surface area (Å²) in [5, 5.41) is 8.73. The number of hydrogen-bond acceptors (Lipinski definition) is 2. The molecule has 0 aromatic carbocycles. The zero-order chi connectivity index (χ0) is 8.85. The quantitative estimate of drug-likeness (QED) is 0.402. The van der Waals surface area contributed by atoms with Gasteiger partial charge in [0, 0.05) is 10.6 Å². The molecule has 0 radical (unpaired) electrons. The highest BCUT2D eigenvalue weighted by Crippen LogP contribution is 2.12. The molecule has 11 heavy (non-hydrogen) atoms. The third kappa shape index (κ3) is 4.27. The highest BCUT2D eigenvalue weighted by molar-refractivity contribution is 8.13. The molecule has 0 aliphatic heterocycles. The Labute approximate surface area is 77.0 Å². The van der Waals surface area contributed by atoms with Crippen LogP contribution >= 0.6 is 23.4 Å². The molecule has 1 N–H and O–H groups in total. The van der Waals surface area contributed by atoms with E-state index in [1.807, 2.05) is 19.3 Å². The average Bonchev–Trinajstić information content (AvgIpc) is 1.98. The van der Waals surface area contributed by atoms with Crippen molar-refractivity contribution >= 4 is 28.4 Å². The van der Waals surface area contributed by atoms with E-state index in [4.69, 9.17) is 17.0 Å². The Morgan fingerprint density at radius 1 is 1.55 bits per heavy atom. The van der Waals surface area contributed by atoms with Gasteiger partial charge in [-0.25, -0.2) is 0 Å². The molecule has 0 aliphatic rings. The summed E-state index contributed by atoms with van der Waals surface area (Å²) in [5.41, 5.74) is 0.880. The standard InChI is InChI=1S/C8H12ClNS/c1-4-7(5-6(2)9)8(10)11-3/h4-5,10H,1-3H3. The van der Waals surface area contributed by atoms with Gasteiger partial charge in [-0.05, 0) is 26.2 Å². The summed E-state index contributed by atoms with van der Waals surface area (Å²) in [5.74, 6) is 0. The van der Waals surface area contributed by atoms with Crippen molar-refractivity contribution in [2.75, 3.05) is 6.26 Å². The van der Waals surface area contributed by atoms with Gasteiger partial charge in [0.05, 0.1) is 5.04 Å². The van der Waals surface area contributed by atoms with Crippen molar-refractivity contribution in [3.05, 3.63) is 22.8 Å². The van der Waals surface area contributed by atoms with Gasteiger partial charge in [0.15, 0.2) is 0 Å². The molecule has 0 aromatic heterocycles. The van der Waals surface area contributed by atoms with Crippen LogP contribution in [0.5, 0.6) is 0 Å². The first-order chi connectivity index (χ1) is 5.11. The average molecular weight is 190 g/mol. The Balaban J connectivity index is 4.45. The maximum Gasteiger partial charge on any atom is 0.0936 e. The Morgan fingerprint density at radius 3 is 2.36 bits per heavy atom. The van der Waals surface area contributed by atoms with Gasteiger partial charge in [-0.2, -0.15) is 0 Å². The first kappa shape index (κ1) is 10.8. The molecule has 0 heterocycles. The second kappa shape index (κ2) is 5.44. The fraction of sp³-hybridized carbons (Fsp3) is 0.375. The van der Waals surface area contributed by atoms with Crippen molar-refractivity contribution in [1.82, 2.24) is 0 Å². The van der Waals surface area contributed by atoms with E-state index in [0.717, 1.165) is 5.57 Å². The van der Waals surface area contributed by atoms with Crippen LogP contribution in [0.3, 0.4) is 0 Å². The van der Waals surface area contributed by atoms with E-state index in [1.165, 1.54) is 11.8 Å². The van der Waals surface area contributed by atoms with Crippen LogP contribution in [0.2, 0.25) is 0 Å². The summed E-state index contributed by atoms with van der Waals surface area (Å²) < 4.78 is 0. The molecule has 0 aromatic rings. The maximum atomic E-state index is 7.48. The molecule has 0 saturated heterocycles. The summed E-state index contributed by atoms with van der Waals surface area (Å²) in [4.78, 5) is 0. The van der Waals surface area contributed by atoms with Crippen LogP contribution in [-0.4, -0.2) is 11.3 Å². The number of allylic oxidation sites excluding steroid dienone is 3. The first-order valence-corrected chi connectivity index (χ1v) is 4.85. The molecule has 0 rings (SSSR count).